The first-order valence-electron chi connectivity index (χ1n) is 6.47. The molecule has 1 aromatic heterocycles. The number of benzene rings is 1. The third-order valence-corrected chi connectivity index (χ3v) is 3.79. The zero-order valence-electron chi connectivity index (χ0n) is 10.5. The minimum atomic E-state index is 0.133. The van der Waals surface area contributed by atoms with Gasteiger partial charge in [0, 0.05) is 18.5 Å². The topological polar surface area (TPSA) is 49.0 Å². The highest BCUT2D eigenvalue weighted by molar-refractivity contribution is 6.06. The van der Waals surface area contributed by atoms with Gasteiger partial charge in [-0.15, -0.1) is 0 Å². The maximum absolute atomic E-state index is 12.5. The Bertz CT molecular complexity index is 567. The standard InChI is InChI=1S/C14H17N3O/c1-10-5-7-17(8-6-10)14(18)11-3-2-4-13-12(11)9-15-16-13/h2-4,9-10H,5-8H2,1H3,(H,15,16). The molecule has 1 saturated heterocycles. The average molecular weight is 243 g/mol. The number of fused-ring (bicyclic) bond motifs is 1. The molecule has 4 heteroatoms. The van der Waals surface area contributed by atoms with E-state index in [-0.39, 0.29) is 5.91 Å². The van der Waals surface area contributed by atoms with E-state index in [2.05, 4.69) is 17.1 Å². The molecule has 4 nitrogen and oxygen atoms in total. The molecule has 2 heterocycles. The van der Waals surface area contributed by atoms with Crippen molar-refractivity contribution < 1.29 is 4.79 Å². The number of rotatable bonds is 1. The summed E-state index contributed by atoms with van der Waals surface area (Å²) in [7, 11) is 0. The van der Waals surface area contributed by atoms with E-state index < -0.39 is 0 Å². The van der Waals surface area contributed by atoms with Gasteiger partial charge in [0.1, 0.15) is 0 Å². The van der Waals surface area contributed by atoms with E-state index in [1.165, 1.54) is 0 Å². The van der Waals surface area contributed by atoms with Gasteiger partial charge in [-0.2, -0.15) is 5.10 Å². The Balaban J connectivity index is 1.90. The Morgan fingerprint density at radius 3 is 2.94 bits per heavy atom. The van der Waals surface area contributed by atoms with E-state index >= 15 is 0 Å². The molecule has 1 N–H and O–H groups in total. The second-order valence-electron chi connectivity index (χ2n) is 5.11. The molecule has 1 aromatic carbocycles. The number of hydrogen-bond acceptors (Lipinski definition) is 2. The molecule has 0 bridgehead atoms. The summed E-state index contributed by atoms with van der Waals surface area (Å²) in [6, 6.07) is 5.73. The fourth-order valence-electron chi connectivity index (χ4n) is 2.54. The Labute approximate surface area is 106 Å². The average Bonchev–Trinajstić information content (AvgIpc) is 2.87. The Kier molecular flexibility index (Phi) is 2.78. The predicted octanol–water partition coefficient (Wildman–Crippen LogP) is 2.44. The summed E-state index contributed by atoms with van der Waals surface area (Å²) in [6.07, 6.45) is 3.94. The largest absolute Gasteiger partial charge is 0.339 e. The number of aromatic nitrogens is 2. The lowest BCUT2D eigenvalue weighted by Gasteiger charge is -2.30. The molecule has 1 aliphatic rings. The lowest BCUT2D eigenvalue weighted by molar-refractivity contribution is 0.0699. The molecule has 1 aliphatic heterocycles. The van der Waals surface area contributed by atoms with E-state index in [4.69, 9.17) is 0 Å². The summed E-state index contributed by atoms with van der Waals surface area (Å²) >= 11 is 0. The van der Waals surface area contributed by atoms with Gasteiger partial charge in [-0.25, -0.2) is 0 Å². The molecular formula is C14H17N3O. The smallest absolute Gasteiger partial charge is 0.254 e. The molecule has 18 heavy (non-hydrogen) atoms. The zero-order valence-corrected chi connectivity index (χ0v) is 10.5. The van der Waals surface area contributed by atoms with Gasteiger partial charge in [-0.1, -0.05) is 13.0 Å². The lowest BCUT2D eigenvalue weighted by atomic mass is 9.98. The minimum absolute atomic E-state index is 0.133. The zero-order chi connectivity index (χ0) is 12.5. The highest BCUT2D eigenvalue weighted by atomic mass is 16.2. The molecule has 0 saturated carbocycles. The lowest BCUT2D eigenvalue weighted by Crippen LogP contribution is -2.37. The number of aromatic amines is 1. The van der Waals surface area contributed by atoms with Crippen LogP contribution in [0, 0.1) is 5.92 Å². The number of nitrogens with zero attached hydrogens (tertiary/aromatic N) is 2. The van der Waals surface area contributed by atoms with E-state index in [9.17, 15) is 4.79 Å². The highest BCUT2D eigenvalue weighted by Crippen LogP contribution is 2.22. The van der Waals surface area contributed by atoms with Gasteiger partial charge < -0.3 is 4.90 Å². The molecule has 2 aromatic rings. The van der Waals surface area contributed by atoms with Crippen LogP contribution in [-0.4, -0.2) is 34.1 Å². The van der Waals surface area contributed by atoms with Crippen molar-refractivity contribution in [3.8, 4) is 0 Å². The van der Waals surface area contributed by atoms with Crippen LogP contribution in [0.2, 0.25) is 0 Å². The van der Waals surface area contributed by atoms with Crippen molar-refractivity contribution in [3.05, 3.63) is 30.0 Å². The van der Waals surface area contributed by atoms with Crippen molar-refractivity contribution in [1.82, 2.24) is 15.1 Å². The fraction of sp³-hybridized carbons (Fsp3) is 0.429. The van der Waals surface area contributed by atoms with Crippen LogP contribution in [-0.2, 0) is 0 Å². The fourth-order valence-corrected chi connectivity index (χ4v) is 2.54. The summed E-state index contributed by atoms with van der Waals surface area (Å²) in [4.78, 5) is 14.5. The summed E-state index contributed by atoms with van der Waals surface area (Å²) in [5, 5.41) is 7.83. The molecule has 94 valence electrons. The first-order valence-corrected chi connectivity index (χ1v) is 6.47. The summed E-state index contributed by atoms with van der Waals surface area (Å²) in [5.74, 6) is 0.868. The number of likely N-dealkylation sites (tertiary alicyclic amines) is 1. The summed E-state index contributed by atoms with van der Waals surface area (Å²) in [6.45, 7) is 3.99. The molecule has 0 aliphatic carbocycles. The molecule has 0 atom stereocenters. The van der Waals surface area contributed by atoms with Crippen molar-refractivity contribution in [2.75, 3.05) is 13.1 Å². The number of hydrogen-bond donors (Lipinski definition) is 1. The van der Waals surface area contributed by atoms with E-state index in [0.717, 1.165) is 48.3 Å². The van der Waals surface area contributed by atoms with E-state index in [1.54, 1.807) is 6.20 Å². The first-order chi connectivity index (χ1) is 8.75. The molecule has 3 rings (SSSR count). The van der Waals surface area contributed by atoms with Crippen LogP contribution in [0.4, 0.5) is 0 Å². The highest BCUT2D eigenvalue weighted by Gasteiger charge is 2.22. The number of carbonyl (C=O) groups is 1. The van der Waals surface area contributed by atoms with Crippen LogP contribution < -0.4 is 0 Å². The van der Waals surface area contributed by atoms with Gasteiger partial charge in [-0.05, 0) is 30.9 Å². The Hall–Kier alpha value is -1.84. The number of carbonyl (C=O) groups excluding carboxylic acids is 1. The maximum Gasteiger partial charge on any atom is 0.254 e. The van der Waals surface area contributed by atoms with Crippen LogP contribution in [0.15, 0.2) is 24.4 Å². The molecule has 1 fully saturated rings. The van der Waals surface area contributed by atoms with Crippen molar-refractivity contribution in [2.24, 2.45) is 5.92 Å². The van der Waals surface area contributed by atoms with E-state index in [1.807, 2.05) is 23.1 Å². The van der Waals surface area contributed by atoms with Gasteiger partial charge in [-0.3, -0.25) is 9.89 Å². The van der Waals surface area contributed by atoms with Crippen LogP contribution in [0.3, 0.4) is 0 Å². The summed E-state index contributed by atoms with van der Waals surface area (Å²) in [5.41, 5.74) is 1.68. The second-order valence-corrected chi connectivity index (χ2v) is 5.11. The predicted molar refractivity (Wildman–Crippen MR) is 70.4 cm³/mol. The third kappa shape index (κ3) is 1.88. The molecule has 0 spiro atoms. The number of nitrogens with one attached hydrogen (secondary N) is 1. The maximum atomic E-state index is 12.5. The number of H-pyrrole nitrogens is 1. The van der Waals surface area contributed by atoms with Crippen LogP contribution in [0.1, 0.15) is 30.1 Å². The second kappa shape index (κ2) is 4.44. The Morgan fingerprint density at radius 2 is 2.17 bits per heavy atom. The van der Waals surface area contributed by atoms with Gasteiger partial charge in [0.2, 0.25) is 0 Å². The molecule has 0 radical (unpaired) electrons. The van der Waals surface area contributed by atoms with Crippen LogP contribution in [0.5, 0.6) is 0 Å². The van der Waals surface area contributed by atoms with Gasteiger partial charge in [0.25, 0.3) is 5.91 Å². The van der Waals surface area contributed by atoms with Gasteiger partial charge >= 0.3 is 0 Å². The van der Waals surface area contributed by atoms with Gasteiger partial charge in [0.05, 0.1) is 17.3 Å². The van der Waals surface area contributed by atoms with Crippen LogP contribution >= 0.6 is 0 Å². The molecule has 0 unspecified atom stereocenters. The SMILES string of the molecule is CC1CCN(C(=O)c2cccc3[nH]ncc23)CC1. The van der Waals surface area contributed by atoms with Crippen LogP contribution in [0.25, 0.3) is 10.9 Å². The van der Waals surface area contributed by atoms with Gasteiger partial charge in [0.15, 0.2) is 0 Å². The Morgan fingerprint density at radius 1 is 1.39 bits per heavy atom. The van der Waals surface area contributed by atoms with Crippen molar-refractivity contribution >= 4 is 16.8 Å². The molecular weight excluding hydrogens is 226 g/mol. The first kappa shape index (κ1) is 11.3. The minimum Gasteiger partial charge on any atom is -0.339 e. The quantitative estimate of drug-likeness (QED) is 0.836. The number of piperidine rings is 1. The van der Waals surface area contributed by atoms with Crippen molar-refractivity contribution in [1.29, 1.82) is 0 Å². The van der Waals surface area contributed by atoms with Crippen molar-refractivity contribution in [3.63, 3.8) is 0 Å². The third-order valence-electron chi connectivity index (χ3n) is 3.79. The van der Waals surface area contributed by atoms with E-state index in [0.29, 0.717) is 0 Å². The van der Waals surface area contributed by atoms with Crippen molar-refractivity contribution in [2.45, 2.75) is 19.8 Å². The number of amides is 1. The molecule has 1 amide bonds. The monoisotopic (exact) mass is 243 g/mol. The normalized spacial score (nSPS) is 17.3. The summed E-state index contributed by atoms with van der Waals surface area (Å²) < 4.78 is 0.